The predicted octanol–water partition coefficient (Wildman–Crippen LogP) is 3.41. The lowest BCUT2D eigenvalue weighted by Gasteiger charge is -2.10. The van der Waals surface area contributed by atoms with Crippen LogP contribution in [0.15, 0.2) is 53.7 Å². The maximum atomic E-state index is 13.9. The summed E-state index contributed by atoms with van der Waals surface area (Å²) in [7, 11) is -0.595. The number of nitrogens with zero attached hydrogens (tertiary/aromatic N) is 2. The first kappa shape index (κ1) is 20.3. The van der Waals surface area contributed by atoms with Crippen LogP contribution in [0.1, 0.15) is 5.56 Å². The van der Waals surface area contributed by atoms with Gasteiger partial charge in [0, 0.05) is 19.8 Å². The van der Waals surface area contributed by atoms with E-state index in [0.717, 1.165) is 5.56 Å². The Hall–Kier alpha value is -2.42. The molecule has 0 saturated carbocycles. The Balaban J connectivity index is 1.76. The van der Waals surface area contributed by atoms with Gasteiger partial charge in [-0.3, -0.25) is 4.68 Å². The fraction of sp³-hybridized carbons (Fsp3) is 0.211. The van der Waals surface area contributed by atoms with Crippen molar-refractivity contribution >= 4 is 21.6 Å². The van der Waals surface area contributed by atoms with Gasteiger partial charge in [-0.15, -0.1) is 0 Å². The molecular weight excluding hydrogens is 405 g/mol. The smallest absolute Gasteiger partial charge is 0.242 e. The summed E-state index contributed by atoms with van der Waals surface area (Å²) in [5, 5.41) is 4.10. The van der Waals surface area contributed by atoms with E-state index in [-0.39, 0.29) is 22.2 Å². The molecule has 2 aromatic carbocycles. The van der Waals surface area contributed by atoms with Crippen molar-refractivity contribution < 1.29 is 17.5 Å². The second kappa shape index (κ2) is 8.30. The van der Waals surface area contributed by atoms with Gasteiger partial charge in [-0.1, -0.05) is 23.7 Å². The molecule has 0 aliphatic rings. The zero-order chi connectivity index (χ0) is 20.3. The van der Waals surface area contributed by atoms with Crippen molar-refractivity contribution in [2.45, 2.75) is 11.3 Å². The number of halogens is 2. The highest BCUT2D eigenvalue weighted by Gasteiger charge is 2.18. The van der Waals surface area contributed by atoms with Gasteiger partial charge < -0.3 is 4.74 Å². The van der Waals surface area contributed by atoms with Crippen molar-refractivity contribution in [1.29, 1.82) is 0 Å². The number of nitrogens with one attached hydrogen (secondary N) is 1. The summed E-state index contributed by atoms with van der Waals surface area (Å²) < 4.78 is 48.1. The van der Waals surface area contributed by atoms with E-state index in [9.17, 15) is 12.8 Å². The number of sulfonamides is 1. The zero-order valence-electron chi connectivity index (χ0n) is 15.3. The van der Waals surface area contributed by atoms with Crippen LogP contribution >= 0.6 is 11.6 Å². The van der Waals surface area contributed by atoms with Gasteiger partial charge in [-0.2, -0.15) is 5.10 Å². The summed E-state index contributed by atoms with van der Waals surface area (Å²) in [6.45, 7) is 0.218. The van der Waals surface area contributed by atoms with Crippen molar-refractivity contribution in [3.05, 3.63) is 65.2 Å². The van der Waals surface area contributed by atoms with Crippen LogP contribution in [0.5, 0.6) is 5.75 Å². The molecule has 0 saturated heterocycles. The molecule has 3 rings (SSSR count). The summed E-state index contributed by atoms with van der Waals surface area (Å²) in [5.41, 5.74) is 2.09. The van der Waals surface area contributed by atoms with E-state index in [0.29, 0.717) is 17.5 Å². The maximum absolute atomic E-state index is 13.9. The van der Waals surface area contributed by atoms with E-state index in [1.165, 1.54) is 31.4 Å². The third-order valence-corrected chi connectivity index (χ3v) is 6.11. The molecule has 3 aromatic rings. The number of methoxy groups -OCH3 is 1. The minimum absolute atomic E-state index is 0.0295. The van der Waals surface area contributed by atoms with Gasteiger partial charge in [0.2, 0.25) is 10.0 Å². The first-order valence-electron chi connectivity index (χ1n) is 8.41. The molecule has 0 aliphatic carbocycles. The summed E-state index contributed by atoms with van der Waals surface area (Å²) in [6.07, 6.45) is 4.02. The third-order valence-electron chi connectivity index (χ3n) is 4.17. The van der Waals surface area contributed by atoms with Gasteiger partial charge in [0.15, 0.2) is 11.6 Å². The highest BCUT2D eigenvalue weighted by atomic mass is 35.5. The topological polar surface area (TPSA) is 73.2 Å². The molecule has 0 unspecified atom stereocenters. The van der Waals surface area contributed by atoms with Gasteiger partial charge in [0.25, 0.3) is 0 Å². The van der Waals surface area contributed by atoms with Crippen molar-refractivity contribution in [3.8, 4) is 16.9 Å². The van der Waals surface area contributed by atoms with Gasteiger partial charge in [0.05, 0.1) is 18.3 Å². The van der Waals surface area contributed by atoms with Crippen LogP contribution in [-0.4, -0.2) is 31.9 Å². The quantitative estimate of drug-likeness (QED) is 0.632. The number of aryl methyl sites for hydroxylation is 1. The van der Waals surface area contributed by atoms with E-state index >= 15 is 0 Å². The number of benzene rings is 2. The Morgan fingerprint density at radius 2 is 1.93 bits per heavy atom. The number of aromatic nitrogens is 2. The molecule has 0 aliphatic heterocycles. The summed E-state index contributed by atoms with van der Waals surface area (Å²) in [4.78, 5) is -0.0295. The van der Waals surface area contributed by atoms with Crippen LogP contribution in [0.25, 0.3) is 11.1 Å². The Labute approximate surface area is 168 Å². The molecule has 0 radical (unpaired) electrons. The van der Waals surface area contributed by atoms with Crippen molar-refractivity contribution in [3.63, 3.8) is 0 Å². The molecule has 1 heterocycles. The third kappa shape index (κ3) is 4.52. The minimum atomic E-state index is -3.78. The van der Waals surface area contributed by atoms with E-state index in [1.807, 2.05) is 6.20 Å². The molecule has 0 amide bonds. The SMILES string of the molecule is COc1ccc(-c2ccc(S(=O)(=O)NCCc3cnn(C)c3)c(Cl)c2)cc1F. The van der Waals surface area contributed by atoms with Crippen LogP contribution in [0, 0.1) is 5.82 Å². The van der Waals surface area contributed by atoms with Gasteiger partial charge >= 0.3 is 0 Å². The number of ether oxygens (including phenoxy) is 1. The predicted molar refractivity (Wildman–Crippen MR) is 105 cm³/mol. The Kier molecular flexibility index (Phi) is 6.02. The Morgan fingerprint density at radius 1 is 1.21 bits per heavy atom. The zero-order valence-corrected chi connectivity index (χ0v) is 16.9. The molecule has 6 nitrogen and oxygen atoms in total. The van der Waals surface area contributed by atoms with E-state index < -0.39 is 15.8 Å². The van der Waals surface area contributed by atoms with E-state index in [1.54, 1.807) is 30.1 Å². The molecule has 9 heteroatoms. The molecular formula is C19H19ClFN3O3S. The van der Waals surface area contributed by atoms with E-state index in [4.69, 9.17) is 16.3 Å². The molecule has 0 bridgehead atoms. The van der Waals surface area contributed by atoms with Crippen LogP contribution in [0.3, 0.4) is 0 Å². The average molecular weight is 424 g/mol. The van der Waals surface area contributed by atoms with Crippen molar-refractivity contribution in [1.82, 2.24) is 14.5 Å². The lowest BCUT2D eigenvalue weighted by molar-refractivity contribution is 0.386. The van der Waals surface area contributed by atoms with Gasteiger partial charge in [-0.05, 0) is 47.4 Å². The standard InChI is InChI=1S/C19H19ClFN3O3S/c1-24-12-13(11-22-24)7-8-23-28(25,26)19-6-4-14(9-16(19)20)15-3-5-18(27-2)17(21)10-15/h3-6,9-12,23H,7-8H2,1-2H3. The molecule has 148 valence electrons. The highest BCUT2D eigenvalue weighted by Crippen LogP contribution is 2.30. The lowest BCUT2D eigenvalue weighted by atomic mass is 10.1. The second-order valence-corrected chi connectivity index (χ2v) is 8.31. The lowest BCUT2D eigenvalue weighted by Crippen LogP contribution is -2.26. The van der Waals surface area contributed by atoms with Crippen molar-refractivity contribution in [2.24, 2.45) is 7.05 Å². The van der Waals surface area contributed by atoms with Crippen LogP contribution < -0.4 is 9.46 Å². The molecule has 0 fully saturated rings. The average Bonchev–Trinajstić information content (AvgIpc) is 3.06. The van der Waals surface area contributed by atoms with E-state index in [2.05, 4.69) is 9.82 Å². The monoisotopic (exact) mass is 423 g/mol. The van der Waals surface area contributed by atoms with Gasteiger partial charge in [-0.25, -0.2) is 17.5 Å². The maximum Gasteiger partial charge on any atom is 0.242 e. The Bertz CT molecular complexity index is 1100. The fourth-order valence-corrected chi connectivity index (χ4v) is 4.33. The highest BCUT2D eigenvalue weighted by molar-refractivity contribution is 7.89. The molecule has 0 spiro atoms. The summed E-state index contributed by atoms with van der Waals surface area (Å²) in [5.74, 6) is -0.378. The van der Waals surface area contributed by atoms with Crippen LogP contribution in [-0.2, 0) is 23.5 Å². The molecule has 1 aromatic heterocycles. The first-order chi connectivity index (χ1) is 13.3. The number of rotatable bonds is 7. The molecule has 0 atom stereocenters. The molecule has 28 heavy (non-hydrogen) atoms. The van der Waals surface area contributed by atoms with Crippen LogP contribution in [0.2, 0.25) is 5.02 Å². The number of hydrogen-bond acceptors (Lipinski definition) is 4. The molecule has 1 N–H and O–H groups in total. The summed E-state index contributed by atoms with van der Waals surface area (Å²) in [6, 6.07) is 8.98. The van der Waals surface area contributed by atoms with Gasteiger partial charge in [0.1, 0.15) is 4.90 Å². The van der Waals surface area contributed by atoms with Crippen LogP contribution in [0.4, 0.5) is 4.39 Å². The van der Waals surface area contributed by atoms with Crippen molar-refractivity contribution in [2.75, 3.05) is 13.7 Å². The Morgan fingerprint density at radius 3 is 2.54 bits per heavy atom. The minimum Gasteiger partial charge on any atom is -0.494 e. The largest absolute Gasteiger partial charge is 0.494 e. The number of hydrogen-bond donors (Lipinski definition) is 1. The first-order valence-corrected chi connectivity index (χ1v) is 10.3. The normalized spacial score (nSPS) is 11.6. The summed E-state index contributed by atoms with van der Waals surface area (Å²) >= 11 is 6.21. The second-order valence-electron chi connectivity index (χ2n) is 6.16. The fourth-order valence-electron chi connectivity index (χ4n) is 2.75.